The molecule has 0 spiro atoms. The van der Waals surface area contributed by atoms with Crippen molar-refractivity contribution in [2.24, 2.45) is 0 Å². The minimum absolute atomic E-state index is 0.114. The lowest BCUT2D eigenvalue weighted by Crippen LogP contribution is -2.40. The molecule has 0 atom stereocenters. The van der Waals surface area contributed by atoms with Crippen molar-refractivity contribution in [1.29, 1.82) is 0 Å². The fourth-order valence-corrected chi connectivity index (χ4v) is 3.46. The molecule has 29 heavy (non-hydrogen) atoms. The molecule has 0 radical (unpaired) electrons. The highest BCUT2D eigenvalue weighted by Crippen LogP contribution is 2.29. The van der Waals surface area contributed by atoms with E-state index in [4.69, 9.17) is 26.4 Å². The van der Waals surface area contributed by atoms with E-state index in [-0.39, 0.29) is 12.5 Å². The Balaban J connectivity index is 1.62. The summed E-state index contributed by atoms with van der Waals surface area (Å²) >= 11 is 5.60. The molecule has 1 aliphatic rings. The van der Waals surface area contributed by atoms with Gasteiger partial charge >= 0.3 is 0 Å². The number of carbonyl (C=O) groups is 1. The minimum atomic E-state index is -0.230. The lowest BCUT2D eigenvalue weighted by molar-refractivity contribution is -0.118. The van der Waals surface area contributed by atoms with Crippen molar-refractivity contribution in [2.45, 2.75) is 13.8 Å². The van der Waals surface area contributed by atoms with Gasteiger partial charge in [-0.1, -0.05) is 29.9 Å². The lowest BCUT2D eigenvalue weighted by Gasteiger charge is -2.29. The third-order valence-corrected chi connectivity index (χ3v) is 5.22. The topological polar surface area (TPSA) is 60.0 Å². The molecular weight excluding hydrogens is 388 g/mol. The summed E-state index contributed by atoms with van der Waals surface area (Å²) in [6.07, 6.45) is 0. The molecule has 154 valence electrons. The number of benzene rings is 2. The molecule has 1 amide bonds. The van der Waals surface area contributed by atoms with E-state index in [9.17, 15) is 4.79 Å². The number of rotatable bonds is 6. The van der Waals surface area contributed by atoms with Gasteiger partial charge in [0.2, 0.25) is 0 Å². The van der Waals surface area contributed by atoms with Gasteiger partial charge in [-0.15, -0.1) is 0 Å². The highest BCUT2D eigenvalue weighted by atomic mass is 32.1. The molecular formula is C22H26N2O4S. The van der Waals surface area contributed by atoms with Crippen molar-refractivity contribution >= 4 is 28.8 Å². The molecule has 3 rings (SSSR count). The summed E-state index contributed by atoms with van der Waals surface area (Å²) in [5, 5.41) is 2.87. The van der Waals surface area contributed by atoms with Crippen LogP contribution in [0.3, 0.4) is 0 Å². The standard InChI is InChI=1S/C22H26N2O4S/c1-15-4-6-18(16(2)12-15)23-21(25)14-28-19-7-5-17(13-20(19)26-3)22(29)24-8-10-27-11-9-24/h4-7,12-13H,8-11,14H2,1-3H3,(H,23,25). The van der Waals surface area contributed by atoms with Crippen LogP contribution >= 0.6 is 12.2 Å². The van der Waals surface area contributed by atoms with Crippen molar-refractivity contribution in [3.05, 3.63) is 53.1 Å². The molecule has 0 aliphatic carbocycles. The summed E-state index contributed by atoms with van der Waals surface area (Å²) < 4.78 is 16.5. The number of morpholine rings is 1. The number of anilines is 1. The zero-order valence-electron chi connectivity index (χ0n) is 17.0. The third-order valence-electron chi connectivity index (χ3n) is 4.72. The summed E-state index contributed by atoms with van der Waals surface area (Å²) in [6, 6.07) is 11.4. The molecule has 2 aromatic rings. The maximum atomic E-state index is 12.3. The maximum absolute atomic E-state index is 12.3. The Kier molecular flexibility index (Phi) is 7.06. The Morgan fingerprint density at radius 1 is 1.14 bits per heavy atom. The van der Waals surface area contributed by atoms with Crippen LogP contribution in [0, 0.1) is 13.8 Å². The average molecular weight is 415 g/mol. The number of nitrogens with one attached hydrogen (secondary N) is 1. The van der Waals surface area contributed by atoms with Crippen LogP contribution in [-0.2, 0) is 9.53 Å². The highest BCUT2D eigenvalue weighted by Gasteiger charge is 2.17. The summed E-state index contributed by atoms with van der Waals surface area (Å²) in [7, 11) is 1.57. The number of nitrogens with zero attached hydrogens (tertiary/aromatic N) is 1. The van der Waals surface area contributed by atoms with Crippen molar-refractivity contribution in [1.82, 2.24) is 4.90 Å². The van der Waals surface area contributed by atoms with E-state index in [1.807, 2.05) is 44.2 Å². The van der Waals surface area contributed by atoms with Gasteiger partial charge < -0.3 is 24.4 Å². The Morgan fingerprint density at radius 3 is 2.59 bits per heavy atom. The molecule has 2 aromatic carbocycles. The van der Waals surface area contributed by atoms with Crippen LogP contribution in [0.15, 0.2) is 36.4 Å². The third kappa shape index (κ3) is 5.46. The average Bonchev–Trinajstić information content (AvgIpc) is 2.74. The number of hydrogen-bond acceptors (Lipinski definition) is 5. The first-order chi connectivity index (χ1) is 14.0. The van der Waals surface area contributed by atoms with Crippen molar-refractivity contribution in [3.8, 4) is 11.5 Å². The fourth-order valence-electron chi connectivity index (χ4n) is 3.15. The zero-order chi connectivity index (χ0) is 20.8. The van der Waals surface area contributed by atoms with Gasteiger partial charge in [0.1, 0.15) is 4.99 Å². The Bertz CT molecular complexity index is 894. The second-order valence-corrected chi connectivity index (χ2v) is 7.31. The van der Waals surface area contributed by atoms with Crippen molar-refractivity contribution in [3.63, 3.8) is 0 Å². The quantitative estimate of drug-likeness (QED) is 0.732. The summed E-state index contributed by atoms with van der Waals surface area (Å²) in [4.78, 5) is 15.2. The van der Waals surface area contributed by atoms with Crippen molar-refractivity contribution in [2.75, 3.05) is 45.3 Å². The summed E-state index contributed by atoms with van der Waals surface area (Å²) in [6.45, 7) is 6.76. The molecule has 0 bridgehead atoms. The Labute approximate surface area is 176 Å². The maximum Gasteiger partial charge on any atom is 0.262 e. The van der Waals surface area contributed by atoms with E-state index in [2.05, 4.69) is 10.2 Å². The zero-order valence-corrected chi connectivity index (χ0v) is 17.8. The monoisotopic (exact) mass is 414 g/mol. The molecule has 1 heterocycles. The SMILES string of the molecule is COc1cc(C(=S)N2CCOCC2)ccc1OCC(=O)Nc1ccc(C)cc1C. The number of amides is 1. The van der Waals surface area contributed by atoms with Gasteiger partial charge in [0.05, 0.1) is 20.3 Å². The first kappa shape index (κ1) is 21.1. The summed E-state index contributed by atoms with van der Waals surface area (Å²) in [5.74, 6) is 0.807. The van der Waals surface area contributed by atoms with E-state index in [0.717, 1.165) is 40.5 Å². The number of carbonyl (C=O) groups excluding carboxylic acids is 1. The molecule has 1 fully saturated rings. The van der Waals surface area contributed by atoms with Gasteiger partial charge in [0, 0.05) is 24.3 Å². The van der Waals surface area contributed by atoms with Gasteiger partial charge in [-0.2, -0.15) is 0 Å². The Morgan fingerprint density at radius 2 is 1.90 bits per heavy atom. The molecule has 1 aliphatic heterocycles. The molecule has 6 nitrogen and oxygen atoms in total. The molecule has 0 unspecified atom stereocenters. The number of methoxy groups -OCH3 is 1. The second kappa shape index (κ2) is 9.71. The second-order valence-electron chi connectivity index (χ2n) is 6.93. The number of ether oxygens (including phenoxy) is 3. The molecule has 7 heteroatoms. The smallest absolute Gasteiger partial charge is 0.262 e. The van der Waals surface area contributed by atoms with Crippen LogP contribution < -0.4 is 14.8 Å². The van der Waals surface area contributed by atoms with E-state index in [1.54, 1.807) is 13.2 Å². The lowest BCUT2D eigenvalue weighted by atomic mass is 10.1. The van der Waals surface area contributed by atoms with E-state index >= 15 is 0 Å². The van der Waals surface area contributed by atoms with Crippen LogP contribution in [0.1, 0.15) is 16.7 Å². The Hall–Kier alpha value is -2.64. The summed E-state index contributed by atoms with van der Waals surface area (Å²) in [5.41, 5.74) is 3.82. The van der Waals surface area contributed by atoms with Crippen LogP contribution in [0.25, 0.3) is 0 Å². The van der Waals surface area contributed by atoms with E-state index < -0.39 is 0 Å². The van der Waals surface area contributed by atoms with Crippen LogP contribution in [-0.4, -0.2) is 55.8 Å². The fraction of sp³-hybridized carbons (Fsp3) is 0.364. The van der Waals surface area contributed by atoms with Gasteiger partial charge in [0.25, 0.3) is 5.91 Å². The minimum Gasteiger partial charge on any atom is -0.493 e. The molecule has 0 saturated carbocycles. The molecule has 1 saturated heterocycles. The van der Waals surface area contributed by atoms with Gasteiger partial charge in [0.15, 0.2) is 18.1 Å². The van der Waals surface area contributed by atoms with Crippen LogP contribution in [0.2, 0.25) is 0 Å². The normalized spacial score (nSPS) is 13.7. The van der Waals surface area contributed by atoms with Crippen LogP contribution in [0.5, 0.6) is 11.5 Å². The largest absolute Gasteiger partial charge is 0.493 e. The van der Waals surface area contributed by atoms with Crippen LogP contribution in [0.4, 0.5) is 5.69 Å². The highest BCUT2D eigenvalue weighted by molar-refractivity contribution is 7.80. The van der Waals surface area contributed by atoms with Crippen molar-refractivity contribution < 1.29 is 19.0 Å². The number of aryl methyl sites for hydroxylation is 2. The predicted molar refractivity (Wildman–Crippen MR) is 117 cm³/mol. The molecule has 0 aromatic heterocycles. The first-order valence-corrected chi connectivity index (χ1v) is 9.93. The van der Waals surface area contributed by atoms with Gasteiger partial charge in [-0.25, -0.2) is 0 Å². The van der Waals surface area contributed by atoms with E-state index in [1.165, 1.54) is 0 Å². The van der Waals surface area contributed by atoms with E-state index in [0.29, 0.717) is 24.7 Å². The molecule has 1 N–H and O–H groups in total. The predicted octanol–water partition coefficient (Wildman–Crippen LogP) is 3.34. The van der Waals surface area contributed by atoms with Gasteiger partial charge in [-0.05, 0) is 43.7 Å². The number of hydrogen-bond donors (Lipinski definition) is 1. The number of thiocarbonyl (C=S) groups is 1. The first-order valence-electron chi connectivity index (χ1n) is 9.53. The van der Waals surface area contributed by atoms with Gasteiger partial charge in [-0.3, -0.25) is 4.79 Å².